The van der Waals surface area contributed by atoms with Crippen molar-refractivity contribution in [3.8, 4) is 0 Å². The maximum absolute atomic E-state index is 9.55. The minimum atomic E-state index is 0.461. The van der Waals surface area contributed by atoms with E-state index in [2.05, 4.69) is 10.3 Å². The van der Waals surface area contributed by atoms with Crippen LogP contribution < -0.4 is 5.48 Å². The van der Waals surface area contributed by atoms with E-state index in [0.717, 1.165) is 0 Å². The molecule has 0 aliphatic rings. The van der Waals surface area contributed by atoms with Gasteiger partial charge in [0.05, 0.1) is 6.61 Å². The lowest BCUT2D eigenvalue weighted by molar-refractivity contribution is -0.121. The zero-order valence-electron chi connectivity index (χ0n) is 5.18. The van der Waals surface area contributed by atoms with E-state index in [1.54, 1.807) is 0 Å². The average Bonchev–Trinajstić information content (AvgIpc) is 1.66. The van der Waals surface area contributed by atoms with Gasteiger partial charge in [0.15, 0.2) is 0 Å². The highest BCUT2D eigenvalue weighted by Crippen LogP contribution is 1.88. The van der Waals surface area contributed by atoms with E-state index in [-0.39, 0.29) is 0 Å². The molecule has 0 heterocycles. The van der Waals surface area contributed by atoms with Crippen molar-refractivity contribution in [1.29, 1.82) is 0 Å². The molecule has 0 spiro atoms. The number of amides is 1. The Morgan fingerprint density at radius 2 is 2.38 bits per heavy atom. The zero-order valence-corrected chi connectivity index (χ0v) is 5.18. The van der Waals surface area contributed by atoms with Crippen LogP contribution in [0.1, 0.15) is 13.8 Å². The Morgan fingerprint density at radius 1 is 1.75 bits per heavy atom. The molecule has 0 aromatic heterocycles. The summed E-state index contributed by atoms with van der Waals surface area (Å²) < 4.78 is 0. The first-order valence-corrected chi connectivity index (χ1v) is 2.58. The smallest absolute Gasteiger partial charge is 0.230 e. The third-order valence-corrected chi connectivity index (χ3v) is 0.548. The van der Waals surface area contributed by atoms with E-state index in [0.29, 0.717) is 18.9 Å². The van der Waals surface area contributed by atoms with Gasteiger partial charge in [-0.2, -0.15) is 0 Å². The predicted molar refractivity (Wildman–Crippen MR) is 30.0 cm³/mol. The second-order valence-electron chi connectivity index (χ2n) is 1.94. The highest BCUT2D eigenvalue weighted by molar-refractivity contribution is 5.43. The Bertz CT molecular complexity index is 63.4. The molecule has 0 radical (unpaired) electrons. The van der Waals surface area contributed by atoms with Crippen molar-refractivity contribution < 1.29 is 9.63 Å². The molecule has 1 amide bonds. The van der Waals surface area contributed by atoms with Crippen LogP contribution in [0, 0.1) is 5.92 Å². The van der Waals surface area contributed by atoms with Gasteiger partial charge in [0.1, 0.15) is 0 Å². The van der Waals surface area contributed by atoms with Gasteiger partial charge >= 0.3 is 0 Å². The Labute approximate surface area is 49.0 Å². The first-order valence-electron chi connectivity index (χ1n) is 2.58. The van der Waals surface area contributed by atoms with Gasteiger partial charge in [-0.1, -0.05) is 13.8 Å². The molecule has 0 saturated carbocycles. The monoisotopic (exact) mass is 117 g/mol. The lowest BCUT2D eigenvalue weighted by atomic mass is 10.2. The van der Waals surface area contributed by atoms with Crippen LogP contribution in [-0.4, -0.2) is 13.0 Å². The van der Waals surface area contributed by atoms with Gasteiger partial charge in [0, 0.05) is 0 Å². The molecule has 3 heteroatoms. The Kier molecular flexibility index (Phi) is 4.26. The van der Waals surface area contributed by atoms with E-state index in [9.17, 15) is 4.79 Å². The van der Waals surface area contributed by atoms with Crippen LogP contribution in [0.2, 0.25) is 0 Å². The van der Waals surface area contributed by atoms with Crippen LogP contribution in [0.3, 0.4) is 0 Å². The Balaban J connectivity index is 2.81. The van der Waals surface area contributed by atoms with Crippen molar-refractivity contribution >= 4 is 6.41 Å². The number of hydroxylamine groups is 1. The van der Waals surface area contributed by atoms with Crippen LogP contribution in [-0.2, 0) is 9.63 Å². The molecule has 0 aromatic carbocycles. The molecule has 0 saturated heterocycles. The summed E-state index contributed by atoms with van der Waals surface area (Å²) in [6.07, 6.45) is 0.516. The first-order chi connectivity index (χ1) is 3.77. The summed E-state index contributed by atoms with van der Waals surface area (Å²) in [5.41, 5.74) is 2.10. The molecule has 0 atom stereocenters. The Morgan fingerprint density at radius 3 is 2.75 bits per heavy atom. The number of hydrogen-bond donors (Lipinski definition) is 1. The van der Waals surface area contributed by atoms with Gasteiger partial charge in [0.25, 0.3) is 0 Å². The molecular formula is C5H11NO2. The minimum absolute atomic E-state index is 0.461. The first kappa shape index (κ1) is 7.43. The third kappa shape index (κ3) is 5.43. The van der Waals surface area contributed by atoms with Crippen LogP contribution in [0.4, 0.5) is 0 Å². The van der Waals surface area contributed by atoms with Crippen LogP contribution in [0.15, 0.2) is 0 Å². The Hall–Kier alpha value is -0.570. The fraction of sp³-hybridized carbons (Fsp3) is 0.800. The van der Waals surface area contributed by atoms with Crippen molar-refractivity contribution in [3.63, 3.8) is 0 Å². The van der Waals surface area contributed by atoms with E-state index in [1.807, 2.05) is 13.8 Å². The van der Waals surface area contributed by atoms with Crippen LogP contribution >= 0.6 is 0 Å². The van der Waals surface area contributed by atoms with Gasteiger partial charge in [-0.05, 0) is 5.92 Å². The normalized spacial score (nSPS) is 9.38. The SMILES string of the molecule is CC(C)CONC=O. The maximum Gasteiger partial charge on any atom is 0.230 e. The van der Waals surface area contributed by atoms with Crippen molar-refractivity contribution in [3.05, 3.63) is 0 Å². The molecule has 0 fully saturated rings. The highest BCUT2D eigenvalue weighted by Gasteiger charge is 1.89. The zero-order chi connectivity index (χ0) is 6.41. The molecule has 0 bridgehead atoms. The van der Waals surface area contributed by atoms with Crippen molar-refractivity contribution in [1.82, 2.24) is 5.48 Å². The number of nitrogens with one attached hydrogen (secondary N) is 1. The molecule has 8 heavy (non-hydrogen) atoms. The van der Waals surface area contributed by atoms with Crippen molar-refractivity contribution in [2.45, 2.75) is 13.8 Å². The van der Waals surface area contributed by atoms with Gasteiger partial charge in [-0.25, -0.2) is 5.48 Å². The van der Waals surface area contributed by atoms with E-state index in [4.69, 9.17) is 0 Å². The standard InChI is InChI=1S/C5H11NO2/c1-5(2)3-8-6-4-7/h4-5H,3H2,1-2H3,(H,6,7). The third-order valence-electron chi connectivity index (χ3n) is 0.548. The van der Waals surface area contributed by atoms with Gasteiger partial charge in [-0.3, -0.25) is 9.63 Å². The lowest BCUT2D eigenvalue weighted by Crippen LogP contribution is -2.15. The van der Waals surface area contributed by atoms with Gasteiger partial charge in [0.2, 0.25) is 6.41 Å². The molecule has 0 rings (SSSR count). The summed E-state index contributed by atoms with van der Waals surface area (Å²) in [6, 6.07) is 0. The van der Waals surface area contributed by atoms with E-state index < -0.39 is 0 Å². The lowest BCUT2D eigenvalue weighted by Gasteiger charge is -2.01. The van der Waals surface area contributed by atoms with E-state index in [1.165, 1.54) is 0 Å². The molecule has 3 nitrogen and oxygen atoms in total. The minimum Gasteiger partial charge on any atom is -0.277 e. The maximum atomic E-state index is 9.55. The van der Waals surface area contributed by atoms with Crippen molar-refractivity contribution in [2.24, 2.45) is 5.92 Å². The quantitative estimate of drug-likeness (QED) is 0.327. The van der Waals surface area contributed by atoms with E-state index >= 15 is 0 Å². The number of hydrogen-bond acceptors (Lipinski definition) is 2. The van der Waals surface area contributed by atoms with Gasteiger partial charge < -0.3 is 0 Å². The number of rotatable bonds is 4. The summed E-state index contributed by atoms with van der Waals surface area (Å²) in [7, 11) is 0. The molecule has 1 N–H and O–H groups in total. The fourth-order valence-electron chi connectivity index (χ4n) is 0.249. The molecule has 48 valence electrons. The molecule has 0 aliphatic carbocycles. The topological polar surface area (TPSA) is 38.3 Å². The largest absolute Gasteiger partial charge is 0.277 e. The highest BCUT2D eigenvalue weighted by atomic mass is 16.6. The molecule has 0 aromatic rings. The van der Waals surface area contributed by atoms with Crippen LogP contribution in [0.25, 0.3) is 0 Å². The van der Waals surface area contributed by atoms with Crippen molar-refractivity contribution in [2.75, 3.05) is 6.61 Å². The summed E-state index contributed by atoms with van der Waals surface area (Å²) in [4.78, 5) is 14.2. The van der Waals surface area contributed by atoms with Gasteiger partial charge in [-0.15, -0.1) is 0 Å². The molecular weight excluding hydrogens is 106 g/mol. The summed E-state index contributed by atoms with van der Waals surface area (Å²) in [6.45, 7) is 4.58. The number of carbonyl (C=O) groups excluding carboxylic acids is 1. The summed E-state index contributed by atoms with van der Waals surface area (Å²) in [5.74, 6) is 0.461. The molecule has 0 unspecified atom stereocenters. The summed E-state index contributed by atoms with van der Waals surface area (Å²) in [5, 5.41) is 0. The predicted octanol–water partition coefficient (Wildman–Crippen LogP) is 0.320. The summed E-state index contributed by atoms with van der Waals surface area (Å²) >= 11 is 0. The fourth-order valence-corrected chi connectivity index (χ4v) is 0.249. The second-order valence-corrected chi connectivity index (χ2v) is 1.94. The second kappa shape index (κ2) is 4.59. The number of carbonyl (C=O) groups is 1. The average molecular weight is 117 g/mol. The molecule has 0 aliphatic heterocycles. The van der Waals surface area contributed by atoms with Crippen LogP contribution in [0.5, 0.6) is 0 Å².